The molecule has 4 bridgehead atoms. The van der Waals surface area contributed by atoms with Gasteiger partial charge in [0.15, 0.2) is 5.96 Å². The van der Waals surface area contributed by atoms with Gasteiger partial charge in [0.25, 0.3) is 0 Å². The summed E-state index contributed by atoms with van der Waals surface area (Å²) in [6.45, 7) is 1.06. The first-order valence-electron chi connectivity index (χ1n) is 8.94. The summed E-state index contributed by atoms with van der Waals surface area (Å²) in [5.41, 5.74) is 0. The van der Waals surface area contributed by atoms with Crippen LogP contribution in [0.5, 0.6) is 0 Å². The van der Waals surface area contributed by atoms with E-state index < -0.39 is 0 Å². The van der Waals surface area contributed by atoms with Gasteiger partial charge in [0.05, 0.1) is 18.2 Å². The average Bonchev–Trinajstić information content (AvgIpc) is 3.26. The Balaban J connectivity index is 1.20. The van der Waals surface area contributed by atoms with Crippen molar-refractivity contribution in [2.75, 3.05) is 13.6 Å². The molecule has 2 aliphatic carbocycles. The van der Waals surface area contributed by atoms with Crippen LogP contribution in [-0.4, -0.2) is 37.8 Å². The smallest absolute Gasteiger partial charge is 0.191 e. The number of rotatable bonds is 4. The van der Waals surface area contributed by atoms with E-state index in [1.54, 1.807) is 0 Å². The van der Waals surface area contributed by atoms with E-state index in [1.807, 2.05) is 7.05 Å². The highest BCUT2D eigenvalue weighted by molar-refractivity contribution is 5.80. The zero-order valence-electron chi connectivity index (χ0n) is 13.2. The maximum absolute atomic E-state index is 5.90. The second-order valence-corrected chi connectivity index (χ2v) is 7.58. The zero-order chi connectivity index (χ0) is 14.2. The Hall–Kier alpha value is -0.770. The molecule has 0 aromatic carbocycles. The van der Waals surface area contributed by atoms with Gasteiger partial charge in [-0.2, -0.15) is 0 Å². The molecule has 4 rings (SSSR count). The van der Waals surface area contributed by atoms with E-state index in [4.69, 9.17) is 4.74 Å². The van der Waals surface area contributed by atoms with Gasteiger partial charge in [0.1, 0.15) is 0 Å². The third kappa shape index (κ3) is 2.79. The van der Waals surface area contributed by atoms with Gasteiger partial charge in [0.2, 0.25) is 0 Å². The van der Waals surface area contributed by atoms with Crippen molar-refractivity contribution in [1.82, 2.24) is 10.6 Å². The Bertz CT molecular complexity index is 411. The Morgan fingerprint density at radius 3 is 2.71 bits per heavy atom. The van der Waals surface area contributed by atoms with E-state index in [2.05, 4.69) is 15.6 Å². The van der Waals surface area contributed by atoms with Crippen LogP contribution in [0, 0.1) is 17.8 Å². The second-order valence-electron chi connectivity index (χ2n) is 7.58. The summed E-state index contributed by atoms with van der Waals surface area (Å²) in [6, 6.07) is 0.470. The summed E-state index contributed by atoms with van der Waals surface area (Å²) in [5.74, 6) is 4.04. The maximum Gasteiger partial charge on any atom is 0.191 e. The molecule has 21 heavy (non-hydrogen) atoms. The molecule has 0 aromatic rings. The Kier molecular flexibility index (Phi) is 3.82. The molecular weight excluding hydrogens is 262 g/mol. The lowest BCUT2D eigenvalue weighted by Gasteiger charge is -2.24. The molecule has 6 unspecified atom stereocenters. The third-order valence-corrected chi connectivity index (χ3v) is 6.34. The second kappa shape index (κ2) is 5.79. The maximum atomic E-state index is 5.90. The molecule has 2 N–H and O–H groups in total. The standard InChI is InChI=1S/C17H29N3O/c1-18-17(20-15-10-14-4-5-16(15)21-14)19-7-6-13-9-11-2-3-12(13)8-11/h11-16H,2-10H2,1H3,(H2,18,19,20). The average molecular weight is 291 g/mol. The van der Waals surface area contributed by atoms with Gasteiger partial charge in [-0.3, -0.25) is 4.99 Å². The molecule has 4 fully saturated rings. The number of nitrogens with one attached hydrogen (secondary N) is 2. The zero-order valence-corrected chi connectivity index (χ0v) is 13.2. The SMILES string of the molecule is CN=C(NCCC1CC2CCC1C2)NC1CC2CCC1O2. The van der Waals surface area contributed by atoms with E-state index in [9.17, 15) is 0 Å². The lowest BCUT2D eigenvalue weighted by molar-refractivity contribution is 0.0992. The molecule has 4 nitrogen and oxygen atoms in total. The molecule has 0 radical (unpaired) electrons. The van der Waals surface area contributed by atoms with Gasteiger partial charge in [-0.25, -0.2) is 0 Å². The Morgan fingerprint density at radius 1 is 1.14 bits per heavy atom. The van der Waals surface area contributed by atoms with Crippen LogP contribution in [0.25, 0.3) is 0 Å². The number of guanidine groups is 1. The van der Waals surface area contributed by atoms with E-state index in [1.165, 1.54) is 44.9 Å². The van der Waals surface area contributed by atoms with Crippen molar-refractivity contribution < 1.29 is 4.74 Å². The van der Waals surface area contributed by atoms with Gasteiger partial charge in [0, 0.05) is 13.6 Å². The lowest BCUT2D eigenvalue weighted by atomic mass is 9.86. The molecule has 0 spiro atoms. The number of nitrogens with zero attached hydrogens (tertiary/aromatic N) is 1. The monoisotopic (exact) mass is 291 g/mol. The highest BCUT2D eigenvalue weighted by Gasteiger charge is 2.41. The van der Waals surface area contributed by atoms with E-state index in [-0.39, 0.29) is 0 Å². The van der Waals surface area contributed by atoms with Gasteiger partial charge < -0.3 is 15.4 Å². The van der Waals surface area contributed by atoms with Crippen LogP contribution in [0.2, 0.25) is 0 Å². The van der Waals surface area contributed by atoms with Crippen molar-refractivity contribution in [1.29, 1.82) is 0 Å². The van der Waals surface area contributed by atoms with E-state index >= 15 is 0 Å². The summed E-state index contributed by atoms with van der Waals surface area (Å²) < 4.78 is 5.90. The van der Waals surface area contributed by atoms with Gasteiger partial charge in [-0.05, 0) is 62.7 Å². The summed E-state index contributed by atoms with van der Waals surface area (Å²) in [5, 5.41) is 7.10. The van der Waals surface area contributed by atoms with Crippen LogP contribution in [-0.2, 0) is 4.74 Å². The molecule has 2 aliphatic heterocycles. The normalized spacial score (nSPS) is 44.5. The Morgan fingerprint density at radius 2 is 2.10 bits per heavy atom. The minimum absolute atomic E-state index is 0.416. The summed E-state index contributed by atoms with van der Waals surface area (Å²) >= 11 is 0. The predicted octanol–water partition coefficient (Wildman–Crippen LogP) is 2.30. The molecule has 2 saturated carbocycles. The van der Waals surface area contributed by atoms with Crippen molar-refractivity contribution in [2.45, 2.75) is 69.6 Å². The predicted molar refractivity (Wildman–Crippen MR) is 84.4 cm³/mol. The van der Waals surface area contributed by atoms with Crippen LogP contribution < -0.4 is 10.6 Å². The summed E-state index contributed by atoms with van der Waals surface area (Å²) in [4.78, 5) is 4.39. The number of aliphatic imine (C=N–C) groups is 1. The number of ether oxygens (including phenoxy) is 1. The first-order chi connectivity index (χ1) is 10.3. The molecule has 0 amide bonds. The molecular formula is C17H29N3O. The third-order valence-electron chi connectivity index (χ3n) is 6.34. The fourth-order valence-electron chi connectivity index (χ4n) is 5.27. The first-order valence-corrected chi connectivity index (χ1v) is 8.94. The van der Waals surface area contributed by atoms with Crippen molar-refractivity contribution in [2.24, 2.45) is 22.7 Å². The quantitative estimate of drug-likeness (QED) is 0.617. The summed E-state index contributed by atoms with van der Waals surface area (Å²) in [6.07, 6.45) is 11.8. The molecule has 2 saturated heterocycles. The van der Waals surface area contributed by atoms with Gasteiger partial charge in [-0.1, -0.05) is 6.42 Å². The van der Waals surface area contributed by atoms with Crippen molar-refractivity contribution in [3.8, 4) is 0 Å². The summed E-state index contributed by atoms with van der Waals surface area (Å²) in [7, 11) is 1.88. The van der Waals surface area contributed by atoms with Gasteiger partial charge in [-0.15, -0.1) is 0 Å². The van der Waals surface area contributed by atoms with Crippen LogP contribution in [0.4, 0.5) is 0 Å². The number of hydrogen-bond donors (Lipinski definition) is 2. The van der Waals surface area contributed by atoms with Crippen molar-refractivity contribution in [3.63, 3.8) is 0 Å². The molecule has 4 heteroatoms. The van der Waals surface area contributed by atoms with E-state index in [0.717, 1.165) is 36.7 Å². The molecule has 0 aromatic heterocycles. The number of fused-ring (bicyclic) bond motifs is 4. The Labute approximate surface area is 128 Å². The molecule has 2 heterocycles. The molecule has 118 valence electrons. The van der Waals surface area contributed by atoms with Crippen LogP contribution in [0.3, 0.4) is 0 Å². The van der Waals surface area contributed by atoms with Crippen LogP contribution in [0.15, 0.2) is 4.99 Å². The van der Waals surface area contributed by atoms with Crippen molar-refractivity contribution >= 4 is 5.96 Å². The molecule has 4 aliphatic rings. The first kappa shape index (κ1) is 13.9. The minimum Gasteiger partial charge on any atom is -0.373 e. The minimum atomic E-state index is 0.416. The lowest BCUT2D eigenvalue weighted by Crippen LogP contribution is -2.47. The van der Waals surface area contributed by atoms with Crippen LogP contribution in [0.1, 0.15) is 51.4 Å². The van der Waals surface area contributed by atoms with E-state index in [0.29, 0.717) is 18.2 Å². The number of hydrogen-bond acceptors (Lipinski definition) is 2. The van der Waals surface area contributed by atoms with Crippen LogP contribution >= 0.6 is 0 Å². The fourth-order valence-corrected chi connectivity index (χ4v) is 5.27. The molecule has 6 atom stereocenters. The topological polar surface area (TPSA) is 45.7 Å². The highest BCUT2D eigenvalue weighted by atomic mass is 16.5. The van der Waals surface area contributed by atoms with Gasteiger partial charge >= 0.3 is 0 Å². The largest absolute Gasteiger partial charge is 0.373 e. The highest BCUT2D eigenvalue weighted by Crippen LogP contribution is 2.49. The van der Waals surface area contributed by atoms with Crippen molar-refractivity contribution in [3.05, 3.63) is 0 Å². The fraction of sp³-hybridized carbons (Fsp3) is 0.941.